The van der Waals surface area contributed by atoms with Gasteiger partial charge < -0.3 is 16.8 Å². The Morgan fingerprint density at radius 1 is 0.912 bits per heavy atom. The molecule has 3 aromatic carbocycles. The van der Waals surface area contributed by atoms with Gasteiger partial charge in [-0.2, -0.15) is 5.10 Å². The third-order valence-electron chi connectivity index (χ3n) is 5.43. The molecule has 0 aliphatic heterocycles. The second kappa shape index (κ2) is 9.95. The minimum atomic E-state index is -0.100. The van der Waals surface area contributed by atoms with Crippen molar-refractivity contribution >= 4 is 39.7 Å². The number of guanidine groups is 1. The maximum absolute atomic E-state index is 12.8. The number of nitrogens with zero attached hydrogens (tertiary/aromatic N) is 3. The number of aryl methyl sites for hydroxylation is 1. The molecule has 0 spiro atoms. The lowest BCUT2D eigenvalue weighted by Crippen LogP contribution is -2.22. The number of hydrogen-bond donors (Lipinski definition) is 3. The van der Waals surface area contributed by atoms with Crippen molar-refractivity contribution in [1.82, 2.24) is 4.98 Å². The van der Waals surface area contributed by atoms with E-state index in [9.17, 15) is 4.79 Å². The van der Waals surface area contributed by atoms with Crippen LogP contribution in [0, 0.1) is 6.92 Å². The number of benzene rings is 3. The number of carbonyl (C=O) groups excluding carboxylic acids is 1. The van der Waals surface area contributed by atoms with Crippen LogP contribution in [-0.2, 0) is 6.42 Å². The summed E-state index contributed by atoms with van der Waals surface area (Å²) in [6, 6.07) is 23.3. The molecule has 0 fully saturated rings. The lowest BCUT2D eigenvalue weighted by atomic mass is 10.0. The Hall–Kier alpha value is -4.52. The second-order valence-electron chi connectivity index (χ2n) is 8.09. The number of rotatable bonds is 7. The molecule has 0 saturated heterocycles. The second-order valence-corrected chi connectivity index (χ2v) is 8.09. The molecule has 4 rings (SSSR count). The third kappa shape index (κ3) is 5.45. The number of Topliss-reactive ketones (excluding diaryl/α,β-unsaturated/α-hetero) is 1. The Balaban J connectivity index is 1.43. The van der Waals surface area contributed by atoms with E-state index in [0.29, 0.717) is 17.7 Å². The Kier molecular flexibility index (Phi) is 6.64. The maximum atomic E-state index is 12.8. The minimum absolute atomic E-state index is 0.0432. The standard InChI is InChI=1S/C27H26N6O/c1-17-3-12-24-23(15-17)25(13-14-30-24)31-22-10-4-19(5-11-22)16-26(34)21-8-6-20(7-9-21)18(2)32-33-27(28)29/h3-15H,16H2,1-2H3,(H,30,31)(H4,28,29,33)/b32-18+. The van der Waals surface area contributed by atoms with Gasteiger partial charge in [-0.05, 0) is 55.3 Å². The largest absolute Gasteiger partial charge is 0.369 e. The van der Waals surface area contributed by atoms with Crippen LogP contribution in [0.1, 0.15) is 34.0 Å². The normalized spacial score (nSPS) is 11.3. The van der Waals surface area contributed by atoms with Gasteiger partial charge in [0, 0.05) is 34.9 Å². The Morgan fingerprint density at radius 2 is 1.62 bits per heavy atom. The average molecular weight is 451 g/mol. The molecule has 0 saturated carbocycles. The number of nitrogens with one attached hydrogen (secondary N) is 1. The molecule has 170 valence electrons. The Bertz CT molecular complexity index is 1390. The molecule has 4 aromatic rings. The fraction of sp³-hybridized carbons (Fsp3) is 0.111. The van der Waals surface area contributed by atoms with Gasteiger partial charge in [0.25, 0.3) is 0 Å². The van der Waals surface area contributed by atoms with Crippen LogP contribution in [0.2, 0.25) is 0 Å². The maximum Gasteiger partial charge on any atom is 0.211 e. The number of ketones is 1. The van der Waals surface area contributed by atoms with Gasteiger partial charge >= 0.3 is 0 Å². The molecule has 0 amide bonds. The van der Waals surface area contributed by atoms with Crippen LogP contribution in [-0.4, -0.2) is 22.4 Å². The van der Waals surface area contributed by atoms with Crippen LogP contribution in [0.25, 0.3) is 10.9 Å². The number of carbonyl (C=O) groups is 1. The summed E-state index contributed by atoms with van der Waals surface area (Å²) in [6.07, 6.45) is 2.12. The monoisotopic (exact) mass is 450 g/mol. The van der Waals surface area contributed by atoms with E-state index in [1.165, 1.54) is 5.56 Å². The van der Waals surface area contributed by atoms with Crippen LogP contribution in [0.15, 0.2) is 89.2 Å². The lowest BCUT2D eigenvalue weighted by molar-refractivity contribution is 0.0993. The molecule has 7 heteroatoms. The zero-order valence-electron chi connectivity index (χ0n) is 19.1. The van der Waals surface area contributed by atoms with Gasteiger partial charge in [-0.25, -0.2) is 0 Å². The van der Waals surface area contributed by atoms with Crippen LogP contribution < -0.4 is 16.8 Å². The minimum Gasteiger partial charge on any atom is -0.369 e. The lowest BCUT2D eigenvalue weighted by Gasteiger charge is -2.11. The van der Waals surface area contributed by atoms with E-state index < -0.39 is 0 Å². The van der Waals surface area contributed by atoms with E-state index in [1.54, 1.807) is 25.3 Å². The molecule has 0 atom stereocenters. The van der Waals surface area contributed by atoms with E-state index in [-0.39, 0.29) is 11.7 Å². The Labute approximate surface area is 198 Å². The number of nitrogens with two attached hydrogens (primary N) is 2. The first-order chi connectivity index (χ1) is 16.4. The zero-order valence-corrected chi connectivity index (χ0v) is 19.1. The summed E-state index contributed by atoms with van der Waals surface area (Å²) in [5.74, 6) is -0.0572. The summed E-state index contributed by atoms with van der Waals surface area (Å²) in [4.78, 5) is 17.2. The van der Waals surface area contributed by atoms with Crippen molar-refractivity contribution in [3.8, 4) is 0 Å². The highest BCUT2D eigenvalue weighted by Gasteiger charge is 2.09. The van der Waals surface area contributed by atoms with E-state index in [1.807, 2.05) is 48.5 Å². The molecular formula is C27H26N6O. The molecular weight excluding hydrogens is 424 g/mol. The third-order valence-corrected chi connectivity index (χ3v) is 5.43. The predicted octanol–water partition coefficient (Wildman–Crippen LogP) is 4.71. The SMILES string of the molecule is C/C(=N\N=C(N)N)c1ccc(C(=O)Cc2ccc(Nc3ccnc4ccc(C)cc34)cc2)cc1. The number of aromatic nitrogens is 1. The van der Waals surface area contributed by atoms with Crippen molar-refractivity contribution < 1.29 is 4.79 Å². The van der Waals surface area contributed by atoms with Crippen molar-refractivity contribution in [2.45, 2.75) is 20.3 Å². The number of anilines is 2. The highest BCUT2D eigenvalue weighted by Crippen LogP contribution is 2.26. The first-order valence-electron chi connectivity index (χ1n) is 10.9. The number of hydrogen-bond acceptors (Lipinski definition) is 5. The average Bonchev–Trinajstić information content (AvgIpc) is 2.84. The van der Waals surface area contributed by atoms with Crippen LogP contribution in [0.5, 0.6) is 0 Å². The van der Waals surface area contributed by atoms with Crippen LogP contribution in [0.3, 0.4) is 0 Å². The van der Waals surface area contributed by atoms with Gasteiger partial charge in [0.05, 0.1) is 11.2 Å². The summed E-state index contributed by atoms with van der Waals surface area (Å²) in [5.41, 5.74) is 17.8. The highest BCUT2D eigenvalue weighted by atomic mass is 16.1. The van der Waals surface area contributed by atoms with E-state index in [4.69, 9.17) is 11.5 Å². The molecule has 7 nitrogen and oxygen atoms in total. The summed E-state index contributed by atoms with van der Waals surface area (Å²) >= 11 is 0. The summed E-state index contributed by atoms with van der Waals surface area (Å²) < 4.78 is 0. The van der Waals surface area contributed by atoms with E-state index in [2.05, 4.69) is 39.6 Å². The molecule has 0 unspecified atom stereocenters. The van der Waals surface area contributed by atoms with Crippen LogP contribution in [0.4, 0.5) is 11.4 Å². The number of fused-ring (bicyclic) bond motifs is 1. The highest BCUT2D eigenvalue weighted by molar-refractivity contribution is 6.01. The predicted molar refractivity (Wildman–Crippen MR) is 139 cm³/mol. The summed E-state index contributed by atoms with van der Waals surface area (Å²) in [5, 5.41) is 12.1. The molecule has 0 aliphatic rings. The number of pyridine rings is 1. The van der Waals surface area contributed by atoms with Gasteiger partial charge in [-0.1, -0.05) is 48.0 Å². The van der Waals surface area contributed by atoms with Gasteiger partial charge in [0.15, 0.2) is 5.78 Å². The van der Waals surface area contributed by atoms with Crippen molar-refractivity contribution in [2.75, 3.05) is 5.32 Å². The molecule has 0 bridgehead atoms. The molecule has 0 aliphatic carbocycles. The van der Waals surface area contributed by atoms with Crippen molar-refractivity contribution in [3.05, 3.63) is 101 Å². The van der Waals surface area contributed by atoms with Gasteiger partial charge in [-0.15, -0.1) is 5.10 Å². The molecule has 34 heavy (non-hydrogen) atoms. The Morgan fingerprint density at radius 3 is 2.32 bits per heavy atom. The fourth-order valence-electron chi connectivity index (χ4n) is 3.61. The van der Waals surface area contributed by atoms with Gasteiger partial charge in [0.2, 0.25) is 5.96 Å². The quantitative estimate of drug-likeness (QED) is 0.163. The van der Waals surface area contributed by atoms with Crippen LogP contribution >= 0.6 is 0 Å². The topological polar surface area (TPSA) is 119 Å². The molecule has 1 aromatic heterocycles. The first-order valence-corrected chi connectivity index (χ1v) is 10.9. The molecule has 5 N–H and O–H groups in total. The summed E-state index contributed by atoms with van der Waals surface area (Å²) in [7, 11) is 0. The van der Waals surface area contributed by atoms with E-state index in [0.717, 1.165) is 33.4 Å². The summed E-state index contributed by atoms with van der Waals surface area (Å²) in [6.45, 7) is 3.87. The van der Waals surface area contributed by atoms with E-state index >= 15 is 0 Å². The molecule has 1 heterocycles. The van der Waals surface area contributed by atoms with Gasteiger partial charge in [0.1, 0.15) is 0 Å². The molecule has 0 radical (unpaired) electrons. The van der Waals surface area contributed by atoms with Crippen molar-refractivity contribution in [2.24, 2.45) is 21.7 Å². The zero-order chi connectivity index (χ0) is 24.1. The smallest absolute Gasteiger partial charge is 0.211 e. The first kappa shape index (κ1) is 22.7. The fourth-order valence-corrected chi connectivity index (χ4v) is 3.61. The van der Waals surface area contributed by atoms with Gasteiger partial charge in [-0.3, -0.25) is 9.78 Å². The van der Waals surface area contributed by atoms with Crippen molar-refractivity contribution in [1.29, 1.82) is 0 Å². The van der Waals surface area contributed by atoms with Crippen molar-refractivity contribution in [3.63, 3.8) is 0 Å².